The fourth-order valence-electron chi connectivity index (χ4n) is 2.44. The van der Waals surface area contributed by atoms with Gasteiger partial charge in [0.25, 0.3) is 5.91 Å². The standard InChI is InChI=1S/C22H20ClN3O2/c1-2-12-25-22(27)17-11-13-24-21(14-17)26-19-7-9-20(10-8-19)28-15-16-3-5-18(23)6-4-16/h2-11,13-14H,1,12,15H2,(H,24,26)(H,25,27). The number of rotatable bonds is 8. The van der Waals surface area contributed by atoms with E-state index in [2.05, 4.69) is 22.2 Å². The Morgan fingerprint density at radius 1 is 1.11 bits per heavy atom. The summed E-state index contributed by atoms with van der Waals surface area (Å²) in [4.78, 5) is 16.3. The number of anilines is 2. The van der Waals surface area contributed by atoms with Gasteiger partial charge in [0, 0.05) is 29.0 Å². The van der Waals surface area contributed by atoms with Crippen LogP contribution in [-0.4, -0.2) is 17.4 Å². The summed E-state index contributed by atoms with van der Waals surface area (Å²) in [6, 6.07) is 18.4. The number of benzene rings is 2. The Morgan fingerprint density at radius 3 is 2.57 bits per heavy atom. The van der Waals surface area contributed by atoms with E-state index in [0.717, 1.165) is 17.0 Å². The number of carbonyl (C=O) groups excluding carboxylic acids is 1. The highest BCUT2D eigenvalue weighted by atomic mass is 35.5. The molecular formula is C22H20ClN3O2. The van der Waals surface area contributed by atoms with E-state index in [-0.39, 0.29) is 5.91 Å². The number of halogens is 1. The van der Waals surface area contributed by atoms with E-state index in [4.69, 9.17) is 16.3 Å². The van der Waals surface area contributed by atoms with Crippen molar-refractivity contribution < 1.29 is 9.53 Å². The molecule has 0 aliphatic carbocycles. The van der Waals surface area contributed by atoms with E-state index in [1.54, 1.807) is 24.4 Å². The van der Waals surface area contributed by atoms with Crippen molar-refractivity contribution in [1.29, 1.82) is 0 Å². The first-order valence-electron chi connectivity index (χ1n) is 8.73. The lowest BCUT2D eigenvalue weighted by Gasteiger charge is -2.10. The largest absolute Gasteiger partial charge is 0.489 e. The lowest BCUT2D eigenvalue weighted by Crippen LogP contribution is -2.23. The lowest BCUT2D eigenvalue weighted by atomic mass is 10.2. The minimum atomic E-state index is -0.170. The molecule has 2 N–H and O–H groups in total. The molecule has 0 aliphatic rings. The highest BCUT2D eigenvalue weighted by Crippen LogP contribution is 2.20. The molecule has 0 radical (unpaired) electrons. The Bertz CT molecular complexity index is 941. The highest BCUT2D eigenvalue weighted by Gasteiger charge is 2.06. The number of carbonyl (C=O) groups is 1. The van der Waals surface area contributed by atoms with Crippen LogP contribution in [0.25, 0.3) is 0 Å². The number of hydrogen-bond donors (Lipinski definition) is 2. The molecule has 1 amide bonds. The zero-order chi connectivity index (χ0) is 19.8. The molecule has 2 aromatic carbocycles. The smallest absolute Gasteiger partial charge is 0.251 e. The zero-order valence-corrected chi connectivity index (χ0v) is 15.9. The van der Waals surface area contributed by atoms with Crippen LogP contribution in [0.4, 0.5) is 11.5 Å². The second kappa shape index (κ2) is 9.58. The Hall–Kier alpha value is -3.31. The zero-order valence-electron chi connectivity index (χ0n) is 15.2. The van der Waals surface area contributed by atoms with Crippen molar-refractivity contribution in [3.05, 3.63) is 95.7 Å². The molecule has 0 fully saturated rings. The summed E-state index contributed by atoms with van der Waals surface area (Å²) < 4.78 is 5.78. The van der Waals surface area contributed by atoms with Crippen LogP contribution in [0.1, 0.15) is 15.9 Å². The molecule has 0 atom stereocenters. The second-order valence-electron chi connectivity index (χ2n) is 5.99. The second-order valence-corrected chi connectivity index (χ2v) is 6.43. The van der Waals surface area contributed by atoms with Gasteiger partial charge in [0.2, 0.25) is 0 Å². The minimum Gasteiger partial charge on any atom is -0.489 e. The molecule has 5 nitrogen and oxygen atoms in total. The van der Waals surface area contributed by atoms with Gasteiger partial charge in [0.1, 0.15) is 18.2 Å². The number of nitrogens with one attached hydrogen (secondary N) is 2. The summed E-state index contributed by atoms with van der Waals surface area (Å²) in [5, 5.41) is 6.63. The van der Waals surface area contributed by atoms with Crippen molar-refractivity contribution in [3.8, 4) is 5.75 Å². The monoisotopic (exact) mass is 393 g/mol. The fourth-order valence-corrected chi connectivity index (χ4v) is 2.56. The van der Waals surface area contributed by atoms with Gasteiger partial charge in [0.15, 0.2) is 0 Å². The molecule has 28 heavy (non-hydrogen) atoms. The summed E-state index contributed by atoms with van der Waals surface area (Å²) >= 11 is 5.88. The molecule has 3 aromatic rings. The van der Waals surface area contributed by atoms with Crippen LogP contribution >= 0.6 is 11.6 Å². The van der Waals surface area contributed by atoms with Crippen molar-refractivity contribution in [3.63, 3.8) is 0 Å². The average molecular weight is 394 g/mol. The van der Waals surface area contributed by atoms with Crippen molar-refractivity contribution in [2.45, 2.75) is 6.61 Å². The maximum absolute atomic E-state index is 12.0. The SMILES string of the molecule is C=CCNC(=O)c1ccnc(Nc2ccc(OCc3ccc(Cl)cc3)cc2)c1. The van der Waals surface area contributed by atoms with E-state index in [1.807, 2.05) is 48.5 Å². The van der Waals surface area contributed by atoms with Gasteiger partial charge in [0.05, 0.1) is 0 Å². The van der Waals surface area contributed by atoms with Crippen LogP contribution in [0.2, 0.25) is 5.02 Å². The van der Waals surface area contributed by atoms with Crippen LogP contribution < -0.4 is 15.4 Å². The lowest BCUT2D eigenvalue weighted by molar-refractivity contribution is 0.0958. The van der Waals surface area contributed by atoms with Gasteiger partial charge in [-0.25, -0.2) is 4.98 Å². The molecule has 1 aromatic heterocycles. The number of aromatic nitrogens is 1. The molecule has 0 saturated carbocycles. The first-order chi connectivity index (χ1) is 13.6. The molecule has 1 heterocycles. The molecule has 0 unspecified atom stereocenters. The van der Waals surface area contributed by atoms with E-state index in [9.17, 15) is 4.79 Å². The summed E-state index contributed by atoms with van der Waals surface area (Å²) in [5.41, 5.74) is 2.42. The third-order valence-electron chi connectivity index (χ3n) is 3.87. The van der Waals surface area contributed by atoms with Gasteiger partial charge in [-0.15, -0.1) is 6.58 Å². The number of ether oxygens (including phenoxy) is 1. The number of amides is 1. The molecule has 142 valence electrons. The Balaban J connectivity index is 1.58. The molecule has 0 spiro atoms. The molecule has 0 bridgehead atoms. The first kappa shape index (κ1) is 19.5. The quantitative estimate of drug-likeness (QED) is 0.530. The van der Waals surface area contributed by atoms with Crippen LogP contribution in [0.3, 0.4) is 0 Å². The van der Waals surface area contributed by atoms with E-state index in [0.29, 0.717) is 29.6 Å². The van der Waals surface area contributed by atoms with Gasteiger partial charge in [-0.3, -0.25) is 4.79 Å². The fraction of sp³-hybridized carbons (Fsp3) is 0.0909. The summed E-state index contributed by atoms with van der Waals surface area (Å²) in [6.07, 6.45) is 3.23. The maximum Gasteiger partial charge on any atom is 0.251 e. The maximum atomic E-state index is 12.0. The topological polar surface area (TPSA) is 63.2 Å². The summed E-state index contributed by atoms with van der Waals surface area (Å²) in [7, 11) is 0. The molecular weight excluding hydrogens is 374 g/mol. The van der Waals surface area contributed by atoms with E-state index >= 15 is 0 Å². The summed E-state index contributed by atoms with van der Waals surface area (Å²) in [5.74, 6) is 1.17. The van der Waals surface area contributed by atoms with Crippen LogP contribution in [0.5, 0.6) is 5.75 Å². The van der Waals surface area contributed by atoms with Gasteiger partial charge < -0.3 is 15.4 Å². The van der Waals surface area contributed by atoms with Gasteiger partial charge >= 0.3 is 0 Å². The average Bonchev–Trinajstić information content (AvgIpc) is 2.73. The van der Waals surface area contributed by atoms with Gasteiger partial charge in [-0.2, -0.15) is 0 Å². The van der Waals surface area contributed by atoms with Crippen LogP contribution in [0.15, 0.2) is 79.5 Å². The summed E-state index contributed by atoms with van der Waals surface area (Å²) in [6.45, 7) is 4.47. The van der Waals surface area contributed by atoms with E-state index in [1.165, 1.54) is 0 Å². The number of hydrogen-bond acceptors (Lipinski definition) is 4. The van der Waals surface area contributed by atoms with Crippen molar-refractivity contribution in [1.82, 2.24) is 10.3 Å². The molecule has 6 heteroatoms. The Kier molecular flexibility index (Phi) is 6.65. The van der Waals surface area contributed by atoms with Crippen molar-refractivity contribution in [2.75, 3.05) is 11.9 Å². The van der Waals surface area contributed by atoms with Crippen molar-refractivity contribution >= 4 is 29.0 Å². The van der Waals surface area contributed by atoms with Crippen molar-refractivity contribution in [2.24, 2.45) is 0 Å². The first-order valence-corrected chi connectivity index (χ1v) is 9.11. The van der Waals surface area contributed by atoms with Gasteiger partial charge in [-0.05, 0) is 54.1 Å². The predicted molar refractivity (Wildman–Crippen MR) is 112 cm³/mol. The molecule has 0 aliphatic heterocycles. The van der Waals surface area contributed by atoms with Gasteiger partial charge in [-0.1, -0.05) is 29.8 Å². The predicted octanol–water partition coefficient (Wildman–Crippen LogP) is 4.97. The van der Waals surface area contributed by atoms with Crippen LogP contribution in [0, 0.1) is 0 Å². The Morgan fingerprint density at radius 2 is 1.86 bits per heavy atom. The van der Waals surface area contributed by atoms with Crippen LogP contribution in [-0.2, 0) is 6.61 Å². The number of nitrogens with zero attached hydrogens (tertiary/aromatic N) is 1. The number of pyridine rings is 1. The third-order valence-corrected chi connectivity index (χ3v) is 4.13. The van der Waals surface area contributed by atoms with E-state index < -0.39 is 0 Å². The Labute approximate surface area is 169 Å². The molecule has 3 rings (SSSR count). The molecule has 0 saturated heterocycles. The third kappa shape index (κ3) is 5.59. The highest BCUT2D eigenvalue weighted by molar-refractivity contribution is 6.30. The normalized spacial score (nSPS) is 10.2. The minimum absolute atomic E-state index is 0.170.